The van der Waals surface area contributed by atoms with Gasteiger partial charge >= 0.3 is 5.97 Å². The Kier molecular flexibility index (Phi) is 6.87. The molecular formula is C16H14IN3O5S. The van der Waals surface area contributed by atoms with Crippen molar-refractivity contribution in [2.24, 2.45) is 0 Å². The molecule has 1 heterocycles. The topological polar surface area (TPSA) is 114 Å². The van der Waals surface area contributed by atoms with E-state index in [2.05, 4.69) is 14.7 Å². The van der Waals surface area contributed by atoms with Gasteiger partial charge in [-0.15, -0.1) is 0 Å². The number of carbonyl (C=O) groups is 1. The van der Waals surface area contributed by atoms with Crippen LogP contribution in [0.3, 0.4) is 0 Å². The number of benzene rings is 1. The fourth-order valence-corrected chi connectivity index (χ4v) is 3.18. The third-order valence-corrected chi connectivity index (χ3v) is 4.65. The first-order chi connectivity index (χ1) is 12.4. The maximum Gasteiger partial charge on any atom is 0.343 e. The molecule has 0 unspecified atom stereocenters. The highest BCUT2D eigenvalue weighted by Gasteiger charge is 2.19. The molecule has 0 amide bonds. The molecule has 0 aliphatic heterocycles. The van der Waals surface area contributed by atoms with Crippen LogP contribution in [0.4, 0.5) is 0 Å². The maximum atomic E-state index is 12.1. The molecule has 0 saturated heterocycles. The van der Waals surface area contributed by atoms with Gasteiger partial charge < -0.3 is 19.2 Å². The van der Waals surface area contributed by atoms with E-state index in [1.165, 1.54) is 26.0 Å². The van der Waals surface area contributed by atoms with Crippen molar-refractivity contribution >= 4 is 40.3 Å². The Morgan fingerprint density at radius 3 is 2.73 bits per heavy atom. The normalized spacial score (nSPS) is 10.1. The lowest BCUT2D eigenvalue weighted by Crippen LogP contribution is -2.15. The zero-order valence-corrected chi connectivity index (χ0v) is 17.1. The molecule has 1 N–H and O–H groups in total. The second-order valence-corrected chi connectivity index (χ2v) is 6.72. The minimum atomic E-state index is -0.528. The molecule has 136 valence electrons. The van der Waals surface area contributed by atoms with Crippen molar-refractivity contribution in [1.29, 1.82) is 5.26 Å². The summed E-state index contributed by atoms with van der Waals surface area (Å²) >= 11 is 3.27. The van der Waals surface area contributed by atoms with E-state index < -0.39 is 11.5 Å². The van der Waals surface area contributed by atoms with Gasteiger partial charge in [0.05, 0.1) is 23.5 Å². The zero-order valence-electron chi connectivity index (χ0n) is 14.1. The molecule has 0 atom stereocenters. The average molecular weight is 487 g/mol. The maximum absolute atomic E-state index is 12.1. The number of rotatable bonds is 6. The van der Waals surface area contributed by atoms with Crippen LogP contribution in [0.2, 0.25) is 0 Å². The molecule has 26 heavy (non-hydrogen) atoms. The average Bonchev–Trinajstić information content (AvgIpc) is 2.65. The predicted molar refractivity (Wildman–Crippen MR) is 104 cm³/mol. The van der Waals surface area contributed by atoms with Crippen LogP contribution in [0.25, 0.3) is 11.3 Å². The number of nitriles is 1. The van der Waals surface area contributed by atoms with Crippen molar-refractivity contribution in [3.63, 3.8) is 0 Å². The van der Waals surface area contributed by atoms with Crippen molar-refractivity contribution in [2.75, 3.05) is 27.1 Å². The monoisotopic (exact) mass is 487 g/mol. The predicted octanol–water partition coefficient (Wildman–Crippen LogP) is 2.20. The molecule has 0 bridgehead atoms. The van der Waals surface area contributed by atoms with E-state index in [0.29, 0.717) is 25.8 Å². The Balaban J connectivity index is 2.58. The first-order valence-electron chi connectivity index (χ1n) is 7.11. The standard InChI is InChI=1S/C16H14IN3O5S/c1-23-11-5-8(4-10(17)14(11)25-7-12(21)24-2)13-9(6-18)15(22)20-16(19-13)26-3/h4-5H,7H2,1-3H3,(H,19,20,22). The van der Waals surface area contributed by atoms with Gasteiger partial charge in [-0.3, -0.25) is 4.79 Å². The molecule has 0 aliphatic rings. The van der Waals surface area contributed by atoms with Gasteiger partial charge in [0, 0.05) is 5.56 Å². The van der Waals surface area contributed by atoms with Crippen LogP contribution in [-0.2, 0) is 9.53 Å². The fourth-order valence-electron chi connectivity index (χ4n) is 2.05. The Morgan fingerprint density at radius 2 is 2.15 bits per heavy atom. The summed E-state index contributed by atoms with van der Waals surface area (Å²) in [5.41, 5.74) is 0.164. The summed E-state index contributed by atoms with van der Waals surface area (Å²) in [5, 5.41) is 9.71. The van der Waals surface area contributed by atoms with Crippen LogP contribution in [0.15, 0.2) is 22.1 Å². The van der Waals surface area contributed by atoms with Gasteiger partial charge in [-0.2, -0.15) is 5.26 Å². The molecule has 10 heteroatoms. The first-order valence-corrected chi connectivity index (χ1v) is 9.41. The number of ether oxygens (including phenoxy) is 3. The third-order valence-electron chi connectivity index (χ3n) is 3.27. The Hall–Kier alpha value is -2.26. The minimum Gasteiger partial charge on any atom is -0.493 e. The number of nitrogens with zero attached hydrogens (tertiary/aromatic N) is 2. The molecule has 0 saturated carbocycles. The first kappa shape index (κ1) is 20.1. The quantitative estimate of drug-likeness (QED) is 0.286. The van der Waals surface area contributed by atoms with Crippen LogP contribution in [0.5, 0.6) is 11.5 Å². The Morgan fingerprint density at radius 1 is 1.42 bits per heavy atom. The van der Waals surface area contributed by atoms with E-state index in [1.54, 1.807) is 18.4 Å². The van der Waals surface area contributed by atoms with E-state index in [1.807, 2.05) is 28.7 Å². The van der Waals surface area contributed by atoms with Gasteiger partial charge in [0.1, 0.15) is 11.6 Å². The smallest absolute Gasteiger partial charge is 0.343 e. The van der Waals surface area contributed by atoms with Gasteiger partial charge in [-0.05, 0) is 41.0 Å². The summed E-state index contributed by atoms with van der Waals surface area (Å²) in [6, 6.07) is 5.18. The summed E-state index contributed by atoms with van der Waals surface area (Å²) in [7, 11) is 2.71. The largest absolute Gasteiger partial charge is 0.493 e. The highest BCUT2D eigenvalue weighted by molar-refractivity contribution is 14.1. The highest BCUT2D eigenvalue weighted by Crippen LogP contribution is 2.37. The summed E-state index contributed by atoms with van der Waals surface area (Å²) in [5.74, 6) is 0.169. The van der Waals surface area contributed by atoms with Gasteiger partial charge in [0.2, 0.25) is 0 Å². The van der Waals surface area contributed by atoms with Crippen LogP contribution >= 0.6 is 34.4 Å². The van der Waals surface area contributed by atoms with Crippen LogP contribution in [0.1, 0.15) is 5.56 Å². The second-order valence-electron chi connectivity index (χ2n) is 4.76. The van der Waals surface area contributed by atoms with Crippen molar-refractivity contribution in [3.8, 4) is 28.8 Å². The fraction of sp³-hybridized carbons (Fsp3) is 0.250. The molecule has 2 aromatic rings. The van der Waals surface area contributed by atoms with E-state index in [9.17, 15) is 14.9 Å². The number of aromatic nitrogens is 2. The number of methoxy groups -OCH3 is 2. The molecule has 8 nitrogen and oxygen atoms in total. The Labute approximate surface area is 167 Å². The number of thioether (sulfide) groups is 1. The molecular weight excluding hydrogens is 473 g/mol. The van der Waals surface area contributed by atoms with Crippen molar-refractivity contribution in [3.05, 3.63) is 31.6 Å². The molecule has 0 spiro atoms. The molecule has 1 aromatic heterocycles. The number of H-pyrrole nitrogens is 1. The Bertz CT molecular complexity index is 939. The third kappa shape index (κ3) is 4.28. The van der Waals surface area contributed by atoms with Crippen molar-refractivity contribution in [1.82, 2.24) is 9.97 Å². The summed E-state index contributed by atoms with van der Waals surface area (Å²) in [6.07, 6.45) is 1.77. The molecule has 2 rings (SSSR count). The van der Waals surface area contributed by atoms with Gasteiger partial charge in [-0.1, -0.05) is 11.8 Å². The number of esters is 1. The van der Waals surface area contributed by atoms with E-state index in [4.69, 9.17) is 9.47 Å². The van der Waals surface area contributed by atoms with Crippen molar-refractivity contribution < 1.29 is 19.0 Å². The minimum absolute atomic E-state index is 0.0936. The van der Waals surface area contributed by atoms with Crippen LogP contribution in [-0.4, -0.2) is 43.0 Å². The summed E-state index contributed by atoms with van der Waals surface area (Å²) < 4.78 is 16.0. The SMILES string of the molecule is COC(=O)COc1c(I)cc(-c2nc(SC)[nH]c(=O)c2C#N)cc1OC. The second kappa shape index (κ2) is 8.91. The van der Waals surface area contributed by atoms with Crippen molar-refractivity contribution in [2.45, 2.75) is 5.16 Å². The van der Waals surface area contributed by atoms with Gasteiger partial charge in [0.25, 0.3) is 5.56 Å². The number of hydrogen-bond donors (Lipinski definition) is 1. The zero-order chi connectivity index (χ0) is 19.3. The lowest BCUT2D eigenvalue weighted by atomic mass is 10.1. The summed E-state index contributed by atoms with van der Waals surface area (Å²) in [6.45, 7) is -0.272. The van der Waals surface area contributed by atoms with Crippen LogP contribution in [0, 0.1) is 14.9 Å². The van der Waals surface area contributed by atoms with Crippen LogP contribution < -0.4 is 15.0 Å². The molecule has 0 radical (unpaired) electrons. The molecule has 1 aromatic carbocycles. The van der Waals surface area contributed by atoms with E-state index in [0.717, 1.165) is 0 Å². The van der Waals surface area contributed by atoms with E-state index in [-0.39, 0.29) is 17.9 Å². The van der Waals surface area contributed by atoms with E-state index >= 15 is 0 Å². The highest BCUT2D eigenvalue weighted by atomic mass is 127. The number of halogens is 1. The molecule has 0 aliphatic carbocycles. The summed E-state index contributed by atoms with van der Waals surface area (Å²) in [4.78, 5) is 30.3. The number of hydrogen-bond acceptors (Lipinski definition) is 8. The van der Waals surface area contributed by atoms with Gasteiger partial charge in [0.15, 0.2) is 23.3 Å². The lowest BCUT2D eigenvalue weighted by molar-refractivity contribution is -0.142. The molecule has 0 fully saturated rings. The number of nitrogens with one attached hydrogen (secondary N) is 1. The van der Waals surface area contributed by atoms with Gasteiger partial charge in [-0.25, -0.2) is 9.78 Å². The lowest BCUT2D eigenvalue weighted by Gasteiger charge is -2.14. The number of aromatic amines is 1. The number of carbonyl (C=O) groups excluding carboxylic acids is 1.